The van der Waals surface area contributed by atoms with E-state index in [2.05, 4.69) is 15.2 Å². The number of carbonyl (C=O) groups excluding carboxylic acids is 1. The Labute approximate surface area is 219 Å². The summed E-state index contributed by atoms with van der Waals surface area (Å²) in [5, 5.41) is 8.65. The molecule has 1 aromatic heterocycles. The first-order chi connectivity index (χ1) is 17.9. The molecule has 9 rings (SSSR count). The second kappa shape index (κ2) is 7.05. The van der Waals surface area contributed by atoms with Crippen LogP contribution in [-0.2, 0) is 10.0 Å². The third-order valence-corrected chi connectivity index (χ3v) is 13.7. The highest BCUT2D eigenvalue weighted by Crippen LogP contribution is 2.76. The van der Waals surface area contributed by atoms with Crippen LogP contribution < -0.4 is 0 Å². The number of halogens is 3. The van der Waals surface area contributed by atoms with Crippen LogP contribution in [0.3, 0.4) is 0 Å². The van der Waals surface area contributed by atoms with Crippen LogP contribution in [0.5, 0.6) is 0 Å². The average Bonchev–Trinajstić information content (AvgIpc) is 3.44. The standard InChI is InChI=1S/C25H33F3N6O3S/c26-25(27,28)23-9-24(10-23,11-23)38(36,37)34-5-3-21(4-6-34)12-32(13-21)20(35)33-14-22(15-33)7-17(8-22)19-29-18(30-31-19)16-1-2-16/h16-17H,1-15H2,(H,29,30,31). The highest BCUT2D eigenvalue weighted by molar-refractivity contribution is 7.90. The van der Waals surface area contributed by atoms with Gasteiger partial charge in [-0.3, -0.25) is 0 Å². The number of amides is 2. The molecule has 4 heterocycles. The van der Waals surface area contributed by atoms with E-state index >= 15 is 0 Å². The summed E-state index contributed by atoms with van der Waals surface area (Å²) in [5.74, 6) is 2.99. The zero-order valence-corrected chi connectivity index (χ0v) is 22.1. The van der Waals surface area contributed by atoms with E-state index in [0.29, 0.717) is 50.9 Å². The van der Waals surface area contributed by atoms with Gasteiger partial charge in [0.2, 0.25) is 10.0 Å². The van der Waals surface area contributed by atoms with E-state index in [-0.39, 0.29) is 36.1 Å². The summed E-state index contributed by atoms with van der Waals surface area (Å²) < 4.78 is 66.1. The number of rotatable bonds is 4. The summed E-state index contributed by atoms with van der Waals surface area (Å²) in [4.78, 5) is 20.3. The Balaban J connectivity index is 0.799. The number of aromatic amines is 1. The van der Waals surface area contributed by atoms with E-state index in [1.54, 1.807) is 0 Å². The van der Waals surface area contributed by atoms with Crippen molar-refractivity contribution in [2.24, 2.45) is 16.2 Å². The van der Waals surface area contributed by atoms with Crippen LogP contribution in [0.25, 0.3) is 0 Å². The topological polar surface area (TPSA) is 102 Å². The third-order valence-electron chi connectivity index (χ3n) is 11.1. The van der Waals surface area contributed by atoms with Crippen LogP contribution in [0.4, 0.5) is 18.0 Å². The fourth-order valence-electron chi connectivity index (χ4n) is 8.51. The van der Waals surface area contributed by atoms with Crippen molar-refractivity contribution >= 4 is 16.1 Å². The van der Waals surface area contributed by atoms with Gasteiger partial charge < -0.3 is 14.8 Å². The van der Waals surface area contributed by atoms with Gasteiger partial charge in [-0.2, -0.15) is 13.2 Å². The van der Waals surface area contributed by atoms with Crippen LogP contribution >= 0.6 is 0 Å². The Hall–Kier alpha value is -1.89. The maximum absolute atomic E-state index is 13.2. The molecule has 1 aromatic rings. The van der Waals surface area contributed by atoms with Crippen LogP contribution in [0.15, 0.2) is 0 Å². The Bertz CT molecular complexity index is 1270. The summed E-state index contributed by atoms with van der Waals surface area (Å²) in [7, 11) is -3.73. The molecular weight excluding hydrogens is 521 g/mol. The molecule has 0 atom stereocenters. The number of hydrogen-bond donors (Lipinski definition) is 1. The number of alkyl halides is 3. The third kappa shape index (κ3) is 3.08. The van der Waals surface area contributed by atoms with Crippen molar-refractivity contribution in [2.45, 2.75) is 80.5 Å². The number of H-pyrrole nitrogens is 1. The molecule has 8 fully saturated rings. The Morgan fingerprint density at radius 1 is 0.868 bits per heavy atom. The molecule has 3 saturated heterocycles. The molecule has 9 nitrogen and oxygen atoms in total. The predicted molar refractivity (Wildman–Crippen MR) is 129 cm³/mol. The van der Waals surface area contributed by atoms with Gasteiger partial charge in [0.25, 0.3) is 0 Å². The normalized spacial score (nSPS) is 35.8. The zero-order valence-electron chi connectivity index (χ0n) is 21.3. The van der Waals surface area contributed by atoms with Crippen molar-refractivity contribution in [2.75, 3.05) is 39.3 Å². The molecule has 208 valence electrons. The minimum absolute atomic E-state index is 0.0655. The first-order valence-corrected chi connectivity index (χ1v) is 15.3. The number of aromatic nitrogens is 3. The highest BCUT2D eigenvalue weighted by atomic mass is 32.2. The Morgan fingerprint density at radius 2 is 1.39 bits per heavy atom. The SMILES string of the molecule is O=C(N1CC2(CCN(S(=O)(=O)C34CC(C(F)(F)F)(C3)C4)CC2)C1)N1CC2(CC(c3nnc(C4CC4)[nH]3)C2)C1. The van der Waals surface area contributed by atoms with E-state index in [9.17, 15) is 26.4 Å². The van der Waals surface area contributed by atoms with Crippen molar-refractivity contribution in [3.05, 3.63) is 11.6 Å². The molecule has 38 heavy (non-hydrogen) atoms. The van der Waals surface area contributed by atoms with Gasteiger partial charge in [0.05, 0.1) is 10.2 Å². The lowest BCUT2D eigenvalue weighted by Crippen LogP contribution is -2.77. The van der Waals surface area contributed by atoms with Crippen molar-refractivity contribution in [3.8, 4) is 0 Å². The van der Waals surface area contributed by atoms with Gasteiger partial charge in [0.15, 0.2) is 0 Å². The van der Waals surface area contributed by atoms with Gasteiger partial charge in [-0.15, -0.1) is 10.2 Å². The molecule has 3 aliphatic heterocycles. The summed E-state index contributed by atoms with van der Waals surface area (Å²) >= 11 is 0. The fourth-order valence-corrected chi connectivity index (χ4v) is 11.1. The Morgan fingerprint density at radius 3 is 1.92 bits per heavy atom. The van der Waals surface area contributed by atoms with Gasteiger partial charge in [-0.1, -0.05) is 0 Å². The molecule has 0 radical (unpaired) electrons. The largest absolute Gasteiger partial charge is 0.394 e. The van der Waals surface area contributed by atoms with Crippen molar-refractivity contribution in [3.63, 3.8) is 0 Å². The van der Waals surface area contributed by atoms with Gasteiger partial charge >= 0.3 is 12.2 Å². The van der Waals surface area contributed by atoms with E-state index < -0.39 is 26.4 Å². The van der Waals surface area contributed by atoms with Crippen LogP contribution in [0.2, 0.25) is 0 Å². The second-order valence-electron chi connectivity index (χ2n) is 13.9. The van der Waals surface area contributed by atoms with E-state index in [1.165, 1.54) is 17.1 Å². The smallest absolute Gasteiger partial charge is 0.328 e. The fraction of sp³-hybridized carbons (Fsp3) is 0.880. The quantitative estimate of drug-likeness (QED) is 0.616. The number of hydrogen-bond acceptors (Lipinski definition) is 5. The number of likely N-dealkylation sites (tertiary alicyclic amines) is 2. The number of piperidine rings is 1. The first-order valence-electron chi connectivity index (χ1n) is 13.9. The van der Waals surface area contributed by atoms with Crippen molar-refractivity contribution in [1.82, 2.24) is 29.3 Å². The summed E-state index contributed by atoms with van der Waals surface area (Å²) in [5.41, 5.74) is -1.62. The van der Waals surface area contributed by atoms with Crippen LogP contribution in [0.1, 0.15) is 81.3 Å². The monoisotopic (exact) mass is 554 g/mol. The van der Waals surface area contributed by atoms with Crippen LogP contribution in [-0.4, -0.2) is 93.9 Å². The van der Waals surface area contributed by atoms with Gasteiger partial charge in [0.1, 0.15) is 11.6 Å². The minimum atomic E-state index is -4.31. The maximum Gasteiger partial charge on any atom is 0.394 e. The van der Waals surface area contributed by atoms with Crippen molar-refractivity contribution in [1.29, 1.82) is 0 Å². The zero-order chi connectivity index (χ0) is 26.3. The highest BCUT2D eigenvalue weighted by Gasteiger charge is 2.83. The molecule has 5 saturated carbocycles. The molecule has 0 aromatic carbocycles. The molecule has 0 unspecified atom stereocenters. The van der Waals surface area contributed by atoms with Crippen LogP contribution in [0, 0.1) is 16.2 Å². The molecule has 5 aliphatic carbocycles. The molecule has 2 spiro atoms. The summed E-state index contributed by atoms with van der Waals surface area (Å²) in [6.45, 7) is 3.51. The second-order valence-corrected chi connectivity index (χ2v) is 16.2. The number of carbonyl (C=O) groups is 1. The van der Waals surface area contributed by atoms with E-state index in [4.69, 9.17) is 0 Å². The lowest BCUT2D eigenvalue weighted by atomic mass is 9.43. The van der Waals surface area contributed by atoms with Gasteiger partial charge in [-0.25, -0.2) is 17.5 Å². The van der Waals surface area contributed by atoms with E-state index in [1.807, 2.05) is 9.80 Å². The number of sulfonamides is 1. The molecule has 13 heteroatoms. The van der Waals surface area contributed by atoms with Gasteiger partial charge in [0, 0.05) is 61.9 Å². The maximum atomic E-state index is 13.2. The average molecular weight is 555 g/mol. The first kappa shape index (κ1) is 24.0. The van der Waals surface area contributed by atoms with Gasteiger partial charge in [-0.05, 0) is 57.8 Å². The summed E-state index contributed by atoms with van der Waals surface area (Å²) in [6.07, 6.45) is 0.612. The molecular formula is C25H33F3N6O3S. The molecule has 2 amide bonds. The number of nitrogens with zero attached hydrogens (tertiary/aromatic N) is 5. The number of nitrogens with one attached hydrogen (secondary N) is 1. The molecule has 2 bridgehead atoms. The van der Waals surface area contributed by atoms with E-state index in [0.717, 1.165) is 37.6 Å². The Kier molecular flexibility index (Phi) is 4.44. The minimum Gasteiger partial charge on any atom is -0.328 e. The van der Waals surface area contributed by atoms with Crippen molar-refractivity contribution < 1.29 is 26.4 Å². The predicted octanol–water partition coefficient (Wildman–Crippen LogP) is 3.19. The lowest BCUT2D eigenvalue weighted by molar-refractivity contribution is -0.315. The molecule has 8 aliphatic rings. The molecule has 1 N–H and O–H groups in total. The summed E-state index contributed by atoms with van der Waals surface area (Å²) in [6, 6.07) is 0.0711. The lowest BCUT2D eigenvalue weighted by Gasteiger charge is -2.69. The number of urea groups is 1.